The second-order valence-corrected chi connectivity index (χ2v) is 9.01. The number of hydrogen-bond donors (Lipinski definition) is 0. The van der Waals surface area contributed by atoms with Gasteiger partial charge in [0.05, 0.1) is 0 Å². The van der Waals surface area contributed by atoms with Gasteiger partial charge in [-0.2, -0.15) is 17.6 Å². The van der Waals surface area contributed by atoms with Gasteiger partial charge >= 0.3 is 33.3 Å². The van der Waals surface area contributed by atoms with Crippen molar-refractivity contribution in [3.63, 3.8) is 0 Å². The molecule has 2 nitrogen and oxygen atoms in total. The van der Waals surface area contributed by atoms with E-state index in [9.17, 15) is 35.1 Å². The summed E-state index contributed by atoms with van der Waals surface area (Å²) in [6.45, 7) is -3.69. The quantitative estimate of drug-likeness (QED) is 0.406. The van der Waals surface area contributed by atoms with Crippen LogP contribution >= 0.6 is 0 Å². The van der Waals surface area contributed by atoms with Crippen molar-refractivity contribution in [1.82, 2.24) is 0 Å². The zero-order valence-electron chi connectivity index (χ0n) is 14.7. The third-order valence-electron chi connectivity index (χ3n) is 3.88. The molecule has 0 aromatic heterocycles. The highest BCUT2D eigenvalue weighted by molar-refractivity contribution is 6.92. The second kappa shape index (κ2) is 9.22. The van der Waals surface area contributed by atoms with E-state index in [-0.39, 0.29) is 10.4 Å². The number of benzene rings is 2. The Balaban J connectivity index is 2.53. The van der Waals surface area contributed by atoms with Gasteiger partial charge in [0.15, 0.2) is 0 Å². The van der Waals surface area contributed by atoms with Crippen molar-refractivity contribution in [1.29, 1.82) is 0 Å². The number of halogens is 8. The molecule has 0 spiro atoms. The first-order chi connectivity index (χ1) is 13.5. The standard InChI is InChI=1S/C18H16F8O2Si/c19-15(20)17(23,24)11-27-29(13-7-3-1-4-8-13,14-9-5-2-6-10-14)28-12-18(25,26)16(21)22/h1-10,15-16H,11-12H2. The molecule has 0 saturated carbocycles. The third kappa shape index (κ3) is 5.55. The van der Waals surface area contributed by atoms with E-state index in [2.05, 4.69) is 0 Å². The molecule has 11 heteroatoms. The molecular formula is C18H16F8O2Si. The topological polar surface area (TPSA) is 18.5 Å². The van der Waals surface area contributed by atoms with Crippen LogP contribution in [0.1, 0.15) is 0 Å². The second-order valence-electron chi connectivity index (χ2n) is 6.05. The SMILES string of the molecule is FC(F)C(F)(F)CO[Si](OCC(F)(F)C(F)F)(c1ccccc1)c1ccccc1. The normalized spacial score (nSPS) is 13.3. The van der Waals surface area contributed by atoms with Crippen LogP contribution in [0.2, 0.25) is 0 Å². The minimum absolute atomic E-state index is 0.0151. The first-order valence-corrected chi connectivity index (χ1v) is 10.0. The van der Waals surface area contributed by atoms with Gasteiger partial charge < -0.3 is 8.85 Å². The monoisotopic (exact) mass is 444 g/mol. The highest BCUT2D eigenvalue weighted by Crippen LogP contribution is 2.27. The summed E-state index contributed by atoms with van der Waals surface area (Å²) in [6.07, 6.45) is -8.16. The Kier molecular flexibility index (Phi) is 7.41. The highest BCUT2D eigenvalue weighted by Gasteiger charge is 2.51. The smallest absolute Gasteiger partial charge is 0.381 e. The lowest BCUT2D eigenvalue weighted by Crippen LogP contribution is -2.65. The van der Waals surface area contributed by atoms with E-state index in [1.54, 1.807) is 0 Å². The van der Waals surface area contributed by atoms with Crippen molar-refractivity contribution in [2.24, 2.45) is 0 Å². The Morgan fingerprint density at radius 1 is 0.621 bits per heavy atom. The predicted molar refractivity (Wildman–Crippen MR) is 91.7 cm³/mol. The van der Waals surface area contributed by atoms with Crippen LogP contribution in [0.5, 0.6) is 0 Å². The van der Waals surface area contributed by atoms with Gasteiger partial charge in [-0.05, 0) is 10.4 Å². The molecule has 0 radical (unpaired) electrons. The van der Waals surface area contributed by atoms with E-state index in [0.29, 0.717) is 0 Å². The Hall–Kier alpha value is -1.98. The van der Waals surface area contributed by atoms with Crippen molar-refractivity contribution in [2.45, 2.75) is 24.7 Å². The lowest BCUT2D eigenvalue weighted by Gasteiger charge is -2.34. The molecule has 0 aliphatic carbocycles. The van der Waals surface area contributed by atoms with Crippen LogP contribution in [0.15, 0.2) is 60.7 Å². The molecule has 0 bridgehead atoms. The Morgan fingerprint density at radius 3 is 1.21 bits per heavy atom. The van der Waals surface area contributed by atoms with Gasteiger partial charge in [-0.3, -0.25) is 0 Å². The molecule has 0 heterocycles. The zero-order chi connectivity index (χ0) is 21.7. The van der Waals surface area contributed by atoms with Gasteiger partial charge in [0.1, 0.15) is 13.2 Å². The Bertz CT molecular complexity index is 693. The summed E-state index contributed by atoms with van der Waals surface area (Å²) >= 11 is 0. The third-order valence-corrected chi connectivity index (χ3v) is 7.17. The van der Waals surface area contributed by atoms with Crippen molar-refractivity contribution < 1.29 is 44.0 Å². The van der Waals surface area contributed by atoms with E-state index >= 15 is 0 Å². The molecule has 0 aliphatic heterocycles. The summed E-state index contributed by atoms with van der Waals surface area (Å²) in [6, 6.07) is 13.9. The van der Waals surface area contributed by atoms with Gasteiger partial charge in [-0.1, -0.05) is 60.7 Å². The molecule has 0 fully saturated rings. The van der Waals surface area contributed by atoms with Gasteiger partial charge in [0.2, 0.25) is 0 Å². The zero-order valence-corrected chi connectivity index (χ0v) is 15.7. The molecule has 2 rings (SSSR count). The molecule has 2 aromatic carbocycles. The van der Waals surface area contributed by atoms with Crippen LogP contribution in [-0.4, -0.2) is 46.5 Å². The molecule has 0 unspecified atom stereocenters. The van der Waals surface area contributed by atoms with Crippen molar-refractivity contribution in [3.05, 3.63) is 60.7 Å². The van der Waals surface area contributed by atoms with E-state index in [1.807, 2.05) is 0 Å². The summed E-state index contributed by atoms with van der Waals surface area (Å²) in [5.74, 6) is -9.20. The largest absolute Gasteiger partial charge is 0.407 e. The average molecular weight is 444 g/mol. The van der Waals surface area contributed by atoms with Crippen molar-refractivity contribution >= 4 is 18.9 Å². The molecule has 0 amide bonds. The average Bonchev–Trinajstić information content (AvgIpc) is 2.69. The fourth-order valence-electron chi connectivity index (χ4n) is 2.38. The number of hydrogen-bond acceptors (Lipinski definition) is 2. The maximum Gasteiger partial charge on any atom is 0.407 e. The van der Waals surface area contributed by atoms with Crippen LogP contribution < -0.4 is 10.4 Å². The predicted octanol–water partition coefficient (Wildman–Crippen LogP) is 4.08. The van der Waals surface area contributed by atoms with E-state index in [1.165, 1.54) is 60.7 Å². The van der Waals surface area contributed by atoms with Crippen molar-refractivity contribution in [2.75, 3.05) is 13.2 Å². The summed E-state index contributed by atoms with van der Waals surface area (Å²) < 4.78 is 115. The van der Waals surface area contributed by atoms with Gasteiger partial charge in [-0.25, -0.2) is 17.6 Å². The van der Waals surface area contributed by atoms with E-state index in [0.717, 1.165) is 0 Å². The van der Waals surface area contributed by atoms with E-state index < -0.39 is 46.5 Å². The maximum atomic E-state index is 13.5. The molecule has 0 aliphatic rings. The molecule has 0 N–H and O–H groups in total. The van der Waals surface area contributed by atoms with Crippen LogP contribution in [0.3, 0.4) is 0 Å². The summed E-state index contributed by atoms with van der Waals surface area (Å²) in [5.41, 5.74) is 0. The van der Waals surface area contributed by atoms with Crippen LogP contribution in [0.4, 0.5) is 35.1 Å². The van der Waals surface area contributed by atoms with Crippen LogP contribution in [0.25, 0.3) is 0 Å². The summed E-state index contributed by atoms with van der Waals surface area (Å²) in [5, 5.41) is 0.0302. The molecule has 0 atom stereocenters. The maximum absolute atomic E-state index is 13.5. The molecule has 2 aromatic rings. The molecule has 0 saturated heterocycles. The molecule has 160 valence electrons. The number of rotatable bonds is 10. The Morgan fingerprint density at radius 2 is 0.931 bits per heavy atom. The van der Waals surface area contributed by atoms with Gasteiger partial charge in [-0.15, -0.1) is 0 Å². The summed E-state index contributed by atoms with van der Waals surface area (Å²) in [4.78, 5) is 0. The van der Waals surface area contributed by atoms with Crippen LogP contribution in [0, 0.1) is 0 Å². The Labute approximate surface area is 162 Å². The van der Waals surface area contributed by atoms with Crippen molar-refractivity contribution in [3.8, 4) is 0 Å². The fourth-order valence-corrected chi connectivity index (χ4v) is 5.52. The summed E-state index contributed by atoms with van der Waals surface area (Å²) in [7, 11) is -4.49. The van der Waals surface area contributed by atoms with Gasteiger partial charge in [0.25, 0.3) is 0 Å². The lowest BCUT2D eigenvalue weighted by molar-refractivity contribution is -0.162. The first kappa shape index (κ1) is 23.3. The van der Waals surface area contributed by atoms with Crippen LogP contribution in [-0.2, 0) is 8.85 Å². The molecular weight excluding hydrogens is 428 g/mol. The first-order valence-electron chi connectivity index (χ1n) is 8.22. The minimum Gasteiger partial charge on any atom is -0.381 e. The fraction of sp³-hybridized carbons (Fsp3) is 0.333. The number of alkyl halides is 8. The minimum atomic E-state index is -4.60. The lowest BCUT2D eigenvalue weighted by atomic mass is 10.4. The van der Waals surface area contributed by atoms with E-state index in [4.69, 9.17) is 8.85 Å². The molecule has 29 heavy (non-hydrogen) atoms. The highest BCUT2D eigenvalue weighted by atomic mass is 28.4. The van der Waals surface area contributed by atoms with Gasteiger partial charge in [0, 0.05) is 0 Å².